The minimum atomic E-state index is -0.593. The van der Waals surface area contributed by atoms with Crippen LogP contribution in [0.25, 0.3) is 0 Å². The minimum absolute atomic E-state index is 0.0224. The van der Waals surface area contributed by atoms with Crippen molar-refractivity contribution < 1.29 is 23.8 Å². The van der Waals surface area contributed by atoms with Crippen molar-refractivity contribution in [2.45, 2.75) is 51.6 Å². The quantitative estimate of drug-likeness (QED) is 0.520. The molecule has 35 heavy (non-hydrogen) atoms. The standard InChI is InChI=1S/C28H30ClNO5/c1-15(2)35-28(32)25-16(3)30-21-12-18(17-10-11-23(33-4)24(14-17)34-5)13-22(31)27(21)26(25)19-8-6-7-9-20(19)29/h6-11,14-15,18,26,30H,12-13H2,1-5H3. The molecule has 2 aliphatic rings. The van der Waals surface area contributed by atoms with E-state index in [0.717, 1.165) is 16.8 Å². The second-order valence-corrected chi connectivity index (χ2v) is 9.51. The molecule has 2 unspecified atom stereocenters. The number of hydrogen-bond acceptors (Lipinski definition) is 6. The van der Waals surface area contributed by atoms with E-state index in [0.29, 0.717) is 46.2 Å². The lowest BCUT2D eigenvalue weighted by Crippen LogP contribution is -2.36. The molecule has 7 heteroatoms. The van der Waals surface area contributed by atoms with E-state index >= 15 is 0 Å². The predicted octanol–water partition coefficient (Wildman–Crippen LogP) is 5.67. The van der Waals surface area contributed by atoms with Crippen LogP contribution in [-0.4, -0.2) is 32.1 Å². The number of halogens is 1. The third-order valence-corrected chi connectivity index (χ3v) is 6.83. The highest BCUT2D eigenvalue weighted by Gasteiger charge is 2.42. The van der Waals surface area contributed by atoms with Crippen LogP contribution in [-0.2, 0) is 14.3 Å². The maximum Gasteiger partial charge on any atom is 0.337 e. The molecular formula is C28H30ClNO5. The number of carbonyl (C=O) groups is 2. The average molecular weight is 496 g/mol. The van der Waals surface area contributed by atoms with E-state index < -0.39 is 11.9 Å². The highest BCUT2D eigenvalue weighted by Crippen LogP contribution is 2.47. The van der Waals surface area contributed by atoms with Crippen molar-refractivity contribution in [3.63, 3.8) is 0 Å². The van der Waals surface area contributed by atoms with Crippen LogP contribution in [0.15, 0.2) is 65.0 Å². The molecule has 0 aromatic heterocycles. The molecule has 1 heterocycles. The first-order valence-corrected chi connectivity index (χ1v) is 12.0. The molecule has 1 N–H and O–H groups in total. The summed E-state index contributed by atoms with van der Waals surface area (Å²) in [6, 6.07) is 13.1. The van der Waals surface area contributed by atoms with Gasteiger partial charge in [-0.05, 0) is 62.4 Å². The second-order valence-electron chi connectivity index (χ2n) is 9.11. The number of hydrogen-bond donors (Lipinski definition) is 1. The van der Waals surface area contributed by atoms with E-state index in [1.807, 2.05) is 43.3 Å². The third kappa shape index (κ3) is 4.80. The first-order valence-electron chi connectivity index (χ1n) is 11.7. The zero-order chi connectivity index (χ0) is 25.3. The smallest absolute Gasteiger partial charge is 0.337 e. The van der Waals surface area contributed by atoms with Crippen molar-refractivity contribution in [2.75, 3.05) is 14.2 Å². The van der Waals surface area contributed by atoms with Gasteiger partial charge >= 0.3 is 5.97 Å². The Bertz CT molecular complexity index is 1230. The molecule has 2 atom stereocenters. The molecule has 0 spiro atoms. The fraction of sp³-hybridized carbons (Fsp3) is 0.357. The SMILES string of the molecule is COc1ccc(C2CC(=O)C3=C(C2)NC(C)=C(C(=O)OC(C)C)C3c2ccccc2Cl)cc1OC. The van der Waals surface area contributed by atoms with Crippen molar-refractivity contribution in [3.05, 3.63) is 81.2 Å². The molecule has 0 saturated heterocycles. The van der Waals surface area contributed by atoms with Crippen molar-refractivity contribution in [2.24, 2.45) is 0 Å². The van der Waals surface area contributed by atoms with Gasteiger partial charge in [-0.3, -0.25) is 4.79 Å². The maximum atomic E-state index is 13.7. The molecule has 184 valence electrons. The highest BCUT2D eigenvalue weighted by atomic mass is 35.5. The summed E-state index contributed by atoms with van der Waals surface area (Å²) in [6.07, 6.45) is 0.630. The van der Waals surface area contributed by atoms with E-state index in [9.17, 15) is 9.59 Å². The van der Waals surface area contributed by atoms with E-state index in [4.69, 9.17) is 25.8 Å². The Balaban J connectivity index is 1.79. The minimum Gasteiger partial charge on any atom is -0.493 e. The second kappa shape index (κ2) is 10.2. The summed E-state index contributed by atoms with van der Waals surface area (Å²) in [4.78, 5) is 26.9. The highest BCUT2D eigenvalue weighted by molar-refractivity contribution is 6.31. The molecule has 2 aromatic carbocycles. The van der Waals surface area contributed by atoms with Gasteiger partial charge in [0.15, 0.2) is 17.3 Å². The fourth-order valence-corrected chi connectivity index (χ4v) is 5.19. The average Bonchev–Trinajstić information content (AvgIpc) is 2.82. The summed E-state index contributed by atoms with van der Waals surface area (Å²) in [7, 11) is 3.19. The van der Waals surface area contributed by atoms with Crippen molar-refractivity contribution in [1.82, 2.24) is 5.32 Å². The van der Waals surface area contributed by atoms with Gasteiger partial charge in [0.05, 0.1) is 25.9 Å². The Morgan fingerprint density at radius 1 is 1.06 bits per heavy atom. The van der Waals surface area contributed by atoms with Crippen molar-refractivity contribution >= 4 is 23.4 Å². The zero-order valence-electron chi connectivity index (χ0n) is 20.6. The number of methoxy groups -OCH3 is 2. The van der Waals surface area contributed by atoms with Gasteiger partial charge in [0.25, 0.3) is 0 Å². The fourth-order valence-electron chi connectivity index (χ4n) is 4.95. The molecule has 0 radical (unpaired) electrons. The number of ketones is 1. The van der Waals surface area contributed by atoms with Crippen LogP contribution < -0.4 is 14.8 Å². The number of benzene rings is 2. The van der Waals surface area contributed by atoms with Crippen LogP contribution in [0.3, 0.4) is 0 Å². The summed E-state index contributed by atoms with van der Waals surface area (Å²) < 4.78 is 16.4. The number of Topliss-reactive ketones (excluding diaryl/α,β-unsaturated/α-hetero) is 1. The van der Waals surface area contributed by atoms with Crippen LogP contribution in [0.2, 0.25) is 5.02 Å². The van der Waals surface area contributed by atoms with Crippen LogP contribution in [0.4, 0.5) is 0 Å². The van der Waals surface area contributed by atoms with Crippen LogP contribution in [0.1, 0.15) is 56.6 Å². The Morgan fingerprint density at radius 2 is 1.77 bits per heavy atom. The van der Waals surface area contributed by atoms with Gasteiger partial charge < -0.3 is 19.5 Å². The molecular weight excluding hydrogens is 466 g/mol. The molecule has 1 aliphatic heterocycles. The Labute approximate surface area is 210 Å². The third-order valence-electron chi connectivity index (χ3n) is 6.49. The number of carbonyl (C=O) groups excluding carboxylic acids is 2. The van der Waals surface area contributed by atoms with Crippen molar-refractivity contribution in [1.29, 1.82) is 0 Å². The molecule has 6 nitrogen and oxygen atoms in total. The monoisotopic (exact) mass is 495 g/mol. The number of allylic oxidation sites excluding steroid dienone is 3. The topological polar surface area (TPSA) is 73.9 Å². The number of dihydropyridines is 1. The van der Waals surface area contributed by atoms with Gasteiger partial charge in [-0.15, -0.1) is 0 Å². The first-order chi connectivity index (χ1) is 16.7. The van der Waals surface area contributed by atoms with E-state index in [1.165, 1.54) is 0 Å². The van der Waals surface area contributed by atoms with Gasteiger partial charge in [0.2, 0.25) is 0 Å². The first kappa shape index (κ1) is 24.9. The lowest BCUT2D eigenvalue weighted by Gasteiger charge is -2.37. The predicted molar refractivity (Wildman–Crippen MR) is 135 cm³/mol. The molecule has 0 bridgehead atoms. The van der Waals surface area contributed by atoms with Gasteiger partial charge in [-0.1, -0.05) is 35.9 Å². The van der Waals surface area contributed by atoms with Crippen molar-refractivity contribution in [3.8, 4) is 11.5 Å². The molecule has 1 aliphatic carbocycles. The number of rotatable bonds is 6. The van der Waals surface area contributed by atoms with Gasteiger partial charge in [0.1, 0.15) is 0 Å². The number of ether oxygens (including phenoxy) is 3. The van der Waals surface area contributed by atoms with Crippen LogP contribution >= 0.6 is 11.6 Å². The van der Waals surface area contributed by atoms with Crippen LogP contribution in [0.5, 0.6) is 11.5 Å². The summed E-state index contributed by atoms with van der Waals surface area (Å²) >= 11 is 6.59. The van der Waals surface area contributed by atoms with Gasteiger partial charge in [-0.2, -0.15) is 0 Å². The molecule has 0 fully saturated rings. The Morgan fingerprint density at radius 3 is 2.43 bits per heavy atom. The van der Waals surface area contributed by atoms with Crippen LogP contribution in [0, 0.1) is 0 Å². The van der Waals surface area contributed by atoms with E-state index in [-0.39, 0.29) is 17.8 Å². The molecule has 4 rings (SSSR count). The largest absolute Gasteiger partial charge is 0.493 e. The maximum absolute atomic E-state index is 13.7. The summed E-state index contributed by atoms with van der Waals surface area (Å²) in [5.74, 6) is 0.155. The summed E-state index contributed by atoms with van der Waals surface area (Å²) in [5.41, 5.74) is 4.19. The number of nitrogens with one attached hydrogen (secondary N) is 1. The summed E-state index contributed by atoms with van der Waals surface area (Å²) in [5, 5.41) is 3.87. The molecule has 2 aromatic rings. The Kier molecular flexibility index (Phi) is 7.22. The zero-order valence-corrected chi connectivity index (χ0v) is 21.4. The molecule has 0 saturated carbocycles. The summed E-state index contributed by atoms with van der Waals surface area (Å²) in [6.45, 7) is 5.45. The normalized spacial score (nSPS) is 19.9. The lowest BCUT2D eigenvalue weighted by atomic mass is 9.71. The van der Waals surface area contributed by atoms with Gasteiger partial charge in [0, 0.05) is 34.3 Å². The lowest BCUT2D eigenvalue weighted by molar-refractivity contribution is -0.143. The Hall–Kier alpha value is -3.25. The molecule has 0 amide bonds. The van der Waals surface area contributed by atoms with E-state index in [2.05, 4.69) is 5.32 Å². The van der Waals surface area contributed by atoms with E-state index in [1.54, 1.807) is 34.1 Å². The van der Waals surface area contributed by atoms with Gasteiger partial charge in [-0.25, -0.2) is 4.79 Å². The number of esters is 1.